The van der Waals surface area contributed by atoms with E-state index in [2.05, 4.69) is 4.99 Å². The number of halogens is 1. The van der Waals surface area contributed by atoms with Gasteiger partial charge < -0.3 is 14.2 Å². The van der Waals surface area contributed by atoms with E-state index in [1.54, 1.807) is 43.3 Å². The topological polar surface area (TPSA) is 96.2 Å². The molecule has 8 nitrogen and oxygen atoms in total. The highest BCUT2D eigenvalue weighted by Crippen LogP contribution is 2.36. The maximum atomic E-state index is 13.6. The third kappa shape index (κ3) is 4.65. The summed E-state index contributed by atoms with van der Waals surface area (Å²) in [6.07, 6.45) is 1.70. The van der Waals surface area contributed by atoms with Crippen LogP contribution in [0.5, 0.6) is 11.5 Å². The van der Waals surface area contributed by atoms with Gasteiger partial charge in [-0.3, -0.25) is 14.2 Å². The van der Waals surface area contributed by atoms with Crippen LogP contribution in [0.4, 0.5) is 0 Å². The highest BCUT2D eigenvalue weighted by Gasteiger charge is 2.33. The maximum absolute atomic E-state index is 13.6. The van der Waals surface area contributed by atoms with E-state index < -0.39 is 18.0 Å². The second-order valence-electron chi connectivity index (χ2n) is 7.60. The Bertz CT molecular complexity index is 1550. The standard InChI is InChI=1S/C25H21ClN2O6S/c1-13-21(24(31)33-4)22(16-9-10-18(34-14(2)29)19(11-16)32-3)28-23(30)20(35-25(28)27-13)12-15-7-5-6-8-17(15)26/h5-12,22H,1-4H3/b20-12+/t22-/m0/s1. The minimum atomic E-state index is -0.840. The molecule has 4 rings (SSSR count). The molecule has 0 saturated carbocycles. The zero-order valence-electron chi connectivity index (χ0n) is 19.3. The minimum absolute atomic E-state index is 0.214. The van der Waals surface area contributed by atoms with Crippen molar-refractivity contribution in [3.05, 3.63) is 89.6 Å². The monoisotopic (exact) mass is 512 g/mol. The lowest BCUT2D eigenvalue weighted by molar-refractivity contribution is -0.136. The Kier molecular flexibility index (Phi) is 6.90. The number of ether oxygens (including phenoxy) is 3. The Morgan fingerprint density at radius 1 is 1.14 bits per heavy atom. The van der Waals surface area contributed by atoms with Crippen LogP contribution in [-0.4, -0.2) is 30.7 Å². The van der Waals surface area contributed by atoms with Gasteiger partial charge in [0.1, 0.15) is 0 Å². The van der Waals surface area contributed by atoms with E-state index in [-0.39, 0.29) is 22.6 Å². The van der Waals surface area contributed by atoms with Crippen molar-refractivity contribution in [2.24, 2.45) is 4.99 Å². The summed E-state index contributed by atoms with van der Waals surface area (Å²) in [5, 5.41) is 0.507. The van der Waals surface area contributed by atoms with Gasteiger partial charge in [-0.05, 0) is 42.3 Å². The Labute approximate surface area is 209 Å². The molecule has 0 saturated heterocycles. The number of carbonyl (C=O) groups excluding carboxylic acids is 2. The Balaban J connectivity index is 1.97. The first-order valence-electron chi connectivity index (χ1n) is 10.5. The molecule has 2 aromatic carbocycles. The van der Waals surface area contributed by atoms with Gasteiger partial charge in [-0.15, -0.1) is 0 Å². The lowest BCUT2D eigenvalue weighted by atomic mass is 9.95. The second-order valence-corrected chi connectivity index (χ2v) is 9.02. The van der Waals surface area contributed by atoms with E-state index in [1.807, 2.05) is 12.1 Å². The van der Waals surface area contributed by atoms with E-state index in [9.17, 15) is 14.4 Å². The SMILES string of the molecule is COC(=O)C1=C(C)N=c2s/c(=C/c3ccccc3Cl)c(=O)n2[C@H]1c1ccc(OC(C)=O)c(OC)c1. The van der Waals surface area contributed by atoms with Gasteiger partial charge in [0.2, 0.25) is 0 Å². The number of esters is 2. The van der Waals surface area contributed by atoms with Crippen LogP contribution in [0.1, 0.15) is 31.0 Å². The van der Waals surface area contributed by atoms with Crippen molar-refractivity contribution >= 4 is 41.0 Å². The van der Waals surface area contributed by atoms with Gasteiger partial charge in [-0.2, -0.15) is 0 Å². The Hall–Kier alpha value is -3.69. The molecule has 10 heteroatoms. The largest absolute Gasteiger partial charge is 0.493 e. The third-order valence-corrected chi connectivity index (χ3v) is 6.70. The summed E-state index contributed by atoms with van der Waals surface area (Å²) in [6, 6.07) is 11.2. The molecule has 3 aromatic rings. The first kappa shape index (κ1) is 24.4. The van der Waals surface area contributed by atoms with Gasteiger partial charge >= 0.3 is 11.9 Å². The number of thiazole rings is 1. The van der Waals surface area contributed by atoms with Crippen molar-refractivity contribution in [1.82, 2.24) is 4.57 Å². The van der Waals surface area contributed by atoms with Gasteiger partial charge in [-0.1, -0.05) is 47.2 Å². The molecule has 0 unspecified atom stereocenters. The average Bonchev–Trinajstić information content (AvgIpc) is 3.13. The van der Waals surface area contributed by atoms with E-state index in [0.717, 1.165) is 0 Å². The van der Waals surface area contributed by atoms with Crippen LogP contribution in [0, 0.1) is 0 Å². The van der Waals surface area contributed by atoms with Crippen molar-refractivity contribution in [1.29, 1.82) is 0 Å². The van der Waals surface area contributed by atoms with Crippen molar-refractivity contribution in [3.63, 3.8) is 0 Å². The van der Waals surface area contributed by atoms with E-state index in [1.165, 1.54) is 37.0 Å². The number of rotatable bonds is 5. The van der Waals surface area contributed by atoms with Crippen molar-refractivity contribution in [2.75, 3.05) is 14.2 Å². The first-order valence-corrected chi connectivity index (χ1v) is 11.7. The van der Waals surface area contributed by atoms with E-state index in [0.29, 0.717) is 31.2 Å². The zero-order valence-corrected chi connectivity index (χ0v) is 20.9. The summed E-state index contributed by atoms with van der Waals surface area (Å²) >= 11 is 7.48. The minimum Gasteiger partial charge on any atom is -0.493 e. The molecule has 180 valence electrons. The van der Waals surface area contributed by atoms with Crippen molar-refractivity contribution < 1.29 is 23.8 Å². The molecule has 0 aliphatic carbocycles. The molecule has 0 bridgehead atoms. The highest BCUT2D eigenvalue weighted by molar-refractivity contribution is 7.07. The number of methoxy groups -OCH3 is 2. The fourth-order valence-electron chi connectivity index (χ4n) is 3.83. The number of nitrogens with zero attached hydrogens (tertiary/aromatic N) is 2. The number of fused-ring (bicyclic) bond motifs is 1. The third-order valence-electron chi connectivity index (χ3n) is 5.38. The molecule has 1 aromatic heterocycles. The summed E-state index contributed by atoms with van der Waals surface area (Å²) in [6.45, 7) is 2.97. The summed E-state index contributed by atoms with van der Waals surface area (Å²) in [5.74, 6) is -0.626. The molecule has 0 radical (unpaired) electrons. The average molecular weight is 513 g/mol. The summed E-state index contributed by atoms with van der Waals surface area (Å²) in [5.41, 5.74) is 1.54. The predicted octanol–water partition coefficient (Wildman–Crippen LogP) is 3.00. The van der Waals surface area contributed by atoms with Gasteiger partial charge in [0.15, 0.2) is 16.3 Å². The number of benzene rings is 2. The summed E-state index contributed by atoms with van der Waals surface area (Å²) in [7, 11) is 2.70. The fourth-order valence-corrected chi connectivity index (χ4v) is 5.06. The van der Waals surface area contributed by atoms with Crippen molar-refractivity contribution in [3.8, 4) is 11.5 Å². The van der Waals surface area contributed by atoms with Crippen LogP contribution in [0.25, 0.3) is 6.08 Å². The molecule has 0 amide bonds. The normalized spacial score (nSPS) is 15.3. The molecule has 0 spiro atoms. The smallest absolute Gasteiger partial charge is 0.338 e. The molecule has 1 atom stereocenters. The van der Waals surface area contributed by atoms with Crippen LogP contribution in [-0.2, 0) is 14.3 Å². The number of hydrogen-bond acceptors (Lipinski definition) is 8. The molecule has 2 heterocycles. The summed E-state index contributed by atoms with van der Waals surface area (Å²) < 4.78 is 17.5. The van der Waals surface area contributed by atoms with E-state index >= 15 is 0 Å². The molecule has 0 fully saturated rings. The lowest BCUT2D eigenvalue weighted by Crippen LogP contribution is -2.39. The number of aromatic nitrogens is 1. The lowest BCUT2D eigenvalue weighted by Gasteiger charge is -2.25. The molecule has 0 N–H and O–H groups in total. The number of allylic oxidation sites excluding steroid dienone is 1. The number of carbonyl (C=O) groups is 2. The van der Waals surface area contributed by atoms with Crippen LogP contribution < -0.4 is 24.4 Å². The van der Waals surface area contributed by atoms with Gasteiger partial charge in [-0.25, -0.2) is 9.79 Å². The molecular weight excluding hydrogens is 492 g/mol. The highest BCUT2D eigenvalue weighted by atomic mass is 35.5. The quantitative estimate of drug-likeness (QED) is 0.385. The van der Waals surface area contributed by atoms with Gasteiger partial charge in [0.25, 0.3) is 5.56 Å². The molecular formula is C25H21ClN2O6S. The molecule has 35 heavy (non-hydrogen) atoms. The first-order chi connectivity index (χ1) is 16.7. The molecule has 1 aliphatic rings. The Morgan fingerprint density at radius 2 is 1.89 bits per heavy atom. The molecule has 1 aliphatic heterocycles. The van der Waals surface area contributed by atoms with Crippen LogP contribution >= 0.6 is 22.9 Å². The summed E-state index contributed by atoms with van der Waals surface area (Å²) in [4.78, 5) is 42.8. The Morgan fingerprint density at radius 3 is 2.54 bits per heavy atom. The fraction of sp³-hybridized carbons (Fsp3) is 0.200. The van der Waals surface area contributed by atoms with Gasteiger partial charge in [0.05, 0.1) is 36.1 Å². The zero-order chi connectivity index (χ0) is 25.3. The van der Waals surface area contributed by atoms with Gasteiger partial charge in [0, 0.05) is 11.9 Å². The van der Waals surface area contributed by atoms with Crippen LogP contribution in [0.3, 0.4) is 0 Å². The van der Waals surface area contributed by atoms with Crippen LogP contribution in [0.15, 0.2) is 63.5 Å². The second kappa shape index (κ2) is 9.89. The predicted molar refractivity (Wildman–Crippen MR) is 132 cm³/mol. The van der Waals surface area contributed by atoms with Crippen LogP contribution in [0.2, 0.25) is 5.02 Å². The number of hydrogen-bond donors (Lipinski definition) is 0. The maximum Gasteiger partial charge on any atom is 0.338 e. The van der Waals surface area contributed by atoms with E-state index in [4.69, 9.17) is 25.8 Å². The van der Waals surface area contributed by atoms with Crippen molar-refractivity contribution in [2.45, 2.75) is 19.9 Å².